The molecular formula is C15H24N2O4. The van der Waals surface area contributed by atoms with Crippen molar-refractivity contribution in [3.05, 3.63) is 23.8 Å². The number of methoxy groups -OCH3 is 1. The second kappa shape index (κ2) is 9.20. The van der Waals surface area contributed by atoms with Crippen molar-refractivity contribution in [2.24, 2.45) is 0 Å². The van der Waals surface area contributed by atoms with Crippen molar-refractivity contribution in [3.63, 3.8) is 0 Å². The fourth-order valence-electron chi connectivity index (χ4n) is 1.89. The molecule has 0 aliphatic rings. The van der Waals surface area contributed by atoms with Gasteiger partial charge >= 0.3 is 0 Å². The van der Waals surface area contributed by atoms with Gasteiger partial charge in [0, 0.05) is 20.2 Å². The molecule has 0 saturated heterocycles. The van der Waals surface area contributed by atoms with Crippen LogP contribution in [0.15, 0.2) is 18.2 Å². The largest absolute Gasteiger partial charge is 0.504 e. The van der Waals surface area contributed by atoms with Gasteiger partial charge in [0.15, 0.2) is 11.5 Å². The zero-order chi connectivity index (χ0) is 15.7. The molecule has 0 aromatic heterocycles. The molecule has 1 rings (SSSR count). The number of carbonyl (C=O) groups excluding carboxylic acids is 1. The molecule has 0 saturated carbocycles. The highest BCUT2D eigenvalue weighted by atomic mass is 16.5. The number of hydrogen-bond acceptors (Lipinski definition) is 5. The van der Waals surface area contributed by atoms with E-state index in [4.69, 9.17) is 9.47 Å². The van der Waals surface area contributed by atoms with Crippen molar-refractivity contribution in [1.29, 1.82) is 0 Å². The first-order valence-electron chi connectivity index (χ1n) is 6.95. The second-order valence-corrected chi connectivity index (χ2v) is 4.75. The van der Waals surface area contributed by atoms with E-state index in [1.807, 2.05) is 24.9 Å². The van der Waals surface area contributed by atoms with Crippen molar-refractivity contribution >= 4 is 5.91 Å². The lowest BCUT2D eigenvalue weighted by atomic mass is 10.2. The molecule has 0 fully saturated rings. The topological polar surface area (TPSA) is 71.0 Å². The Labute approximate surface area is 125 Å². The number of phenols is 1. The summed E-state index contributed by atoms with van der Waals surface area (Å²) in [4.78, 5) is 13.6. The van der Waals surface area contributed by atoms with Gasteiger partial charge in [0.2, 0.25) is 5.91 Å². The molecule has 6 nitrogen and oxygen atoms in total. The van der Waals surface area contributed by atoms with E-state index in [9.17, 15) is 9.90 Å². The van der Waals surface area contributed by atoms with Crippen LogP contribution in [0.2, 0.25) is 0 Å². The summed E-state index contributed by atoms with van der Waals surface area (Å²) in [5.74, 6) is 0.548. The highest BCUT2D eigenvalue weighted by Gasteiger charge is 2.09. The molecule has 21 heavy (non-hydrogen) atoms. The second-order valence-electron chi connectivity index (χ2n) is 4.75. The predicted octanol–water partition coefficient (Wildman–Crippen LogP) is 0.985. The minimum absolute atomic E-state index is 0.0432. The van der Waals surface area contributed by atoms with Crippen LogP contribution >= 0.6 is 0 Å². The zero-order valence-corrected chi connectivity index (χ0v) is 12.9. The summed E-state index contributed by atoms with van der Waals surface area (Å²) in [5, 5.41) is 12.4. The molecule has 118 valence electrons. The Balaban J connectivity index is 2.48. The van der Waals surface area contributed by atoms with E-state index in [0.717, 1.165) is 5.56 Å². The quantitative estimate of drug-likeness (QED) is 0.665. The van der Waals surface area contributed by atoms with E-state index < -0.39 is 0 Å². The highest BCUT2D eigenvalue weighted by molar-refractivity contribution is 5.77. The number of amides is 1. The third-order valence-electron chi connectivity index (χ3n) is 2.82. The number of likely N-dealkylation sites (N-methyl/N-ethyl adjacent to an activating group) is 1. The van der Waals surface area contributed by atoms with Crippen LogP contribution in [0.25, 0.3) is 0 Å². The molecule has 0 unspecified atom stereocenters. The van der Waals surface area contributed by atoms with Gasteiger partial charge in [0.1, 0.15) is 0 Å². The van der Waals surface area contributed by atoms with E-state index >= 15 is 0 Å². The smallest absolute Gasteiger partial charge is 0.234 e. The maximum Gasteiger partial charge on any atom is 0.234 e. The highest BCUT2D eigenvalue weighted by Crippen LogP contribution is 2.27. The number of rotatable bonds is 9. The lowest BCUT2D eigenvalue weighted by Crippen LogP contribution is -2.36. The molecule has 0 heterocycles. The SMILES string of the molecule is CCOc1cc(CN(C)CC(=O)NCCOC)ccc1O. The molecule has 0 aliphatic heterocycles. The standard InChI is InChI=1S/C15H24N2O4/c1-4-21-14-9-12(5-6-13(14)18)10-17(2)11-15(19)16-7-8-20-3/h5-6,9,18H,4,7-8,10-11H2,1-3H3,(H,16,19). The molecule has 1 amide bonds. The minimum Gasteiger partial charge on any atom is -0.504 e. The number of hydrogen-bond donors (Lipinski definition) is 2. The summed E-state index contributed by atoms with van der Waals surface area (Å²) in [6.07, 6.45) is 0. The number of nitrogens with zero attached hydrogens (tertiary/aromatic N) is 1. The monoisotopic (exact) mass is 296 g/mol. The van der Waals surface area contributed by atoms with Gasteiger partial charge in [-0.25, -0.2) is 0 Å². The maximum absolute atomic E-state index is 11.7. The van der Waals surface area contributed by atoms with Crippen LogP contribution in [0.3, 0.4) is 0 Å². The van der Waals surface area contributed by atoms with Gasteiger partial charge in [-0.2, -0.15) is 0 Å². The van der Waals surface area contributed by atoms with Crippen LogP contribution < -0.4 is 10.1 Å². The first kappa shape index (κ1) is 17.3. The van der Waals surface area contributed by atoms with Crippen LogP contribution in [-0.2, 0) is 16.1 Å². The first-order valence-corrected chi connectivity index (χ1v) is 6.95. The molecule has 0 radical (unpaired) electrons. The lowest BCUT2D eigenvalue weighted by Gasteiger charge is -2.17. The van der Waals surface area contributed by atoms with Gasteiger partial charge in [0.05, 0.1) is 19.8 Å². The molecule has 0 aliphatic carbocycles. The van der Waals surface area contributed by atoms with Crippen molar-refractivity contribution in [1.82, 2.24) is 10.2 Å². The Hall–Kier alpha value is -1.79. The Kier molecular flexibility index (Phi) is 7.56. The van der Waals surface area contributed by atoms with Gasteiger partial charge in [0.25, 0.3) is 0 Å². The average molecular weight is 296 g/mol. The minimum atomic E-state index is -0.0432. The fourth-order valence-corrected chi connectivity index (χ4v) is 1.89. The number of benzene rings is 1. The summed E-state index contributed by atoms with van der Waals surface area (Å²) >= 11 is 0. The number of phenolic OH excluding ortho intramolecular Hbond substituents is 1. The number of carbonyl (C=O) groups is 1. The zero-order valence-electron chi connectivity index (χ0n) is 12.9. The lowest BCUT2D eigenvalue weighted by molar-refractivity contribution is -0.122. The Morgan fingerprint density at radius 3 is 2.86 bits per heavy atom. The van der Waals surface area contributed by atoms with Crippen molar-refractivity contribution in [3.8, 4) is 11.5 Å². The number of nitrogens with one attached hydrogen (secondary N) is 1. The van der Waals surface area contributed by atoms with Gasteiger partial charge < -0.3 is 19.9 Å². The van der Waals surface area contributed by atoms with Crippen LogP contribution in [0, 0.1) is 0 Å². The maximum atomic E-state index is 11.7. The molecule has 0 atom stereocenters. The Morgan fingerprint density at radius 1 is 1.43 bits per heavy atom. The van der Waals surface area contributed by atoms with E-state index in [1.54, 1.807) is 19.2 Å². The molecule has 2 N–H and O–H groups in total. The van der Waals surface area contributed by atoms with Crippen LogP contribution in [0.5, 0.6) is 11.5 Å². The summed E-state index contributed by atoms with van der Waals surface area (Å²) in [7, 11) is 3.46. The van der Waals surface area contributed by atoms with Gasteiger partial charge in [-0.1, -0.05) is 6.07 Å². The van der Waals surface area contributed by atoms with E-state index in [-0.39, 0.29) is 11.7 Å². The molecule has 0 bridgehead atoms. The number of aromatic hydroxyl groups is 1. The average Bonchev–Trinajstić information content (AvgIpc) is 2.43. The predicted molar refractivity (Wildman–Crippen MR) is 80.5 cm³/mol. The third kappa shape index (κ3) is 6.46. The normalized spacial score (nSPS) is 10.7. The molecular weight excluding hydrogens is 272 g/mol. The molecule has 1 aromatic carbocycles. The summed E-state index contributed by atoms with van der Waals surface area (Å²) in [5.41, 5.74) is 0.975. The first-order chi connectivity index (χ1) is 10.1. The Bertz CT molecular complexity index is 451. The van der Waals surface area contributed by atoms with Gasteiger partial charge in [-0.15, -0.1) is 0 Å². The van der Waals surface area contributed by atoms with E-state index in [1.165, 1.54) is 0 Å². The molecule has 6 heteroatoms. The molecule has 1 aromatic rings. The number of ether oxygens (including phenoxy) is 2. The van der Waals surface area contributed by atoms with Crippen molar-refractivity contribution in [2.75, 3.05) is 40.5 Å². The van der Waals surface area contributed by atoms with Gasteiger partial charge in [-0.3, -0.25) is 9.69 Å². The molecule has 0 spiro atoms. The van der Waals surface area contributed by atoms with E-state index in [0.29, 0.717) is 38.6 Å². The van der Waals surface area contributed by atoms with Crippen molar-refractivity contribution in [2.45, 2.75) is 13.5 Å². The van der Waals surface area contributed by atoms with E-state index in [2.05, 4.69) is 5.32 Å². The van der Waals surface area contributed by atoms with Crippen molar-refractivity contribution < 1.29 is 19.4 Å². The van der Waals surface area contributed by atoms with Gasteiger partial charge in [-0.05, 0) is 31.7 Å². The van der Waals surface area contributed by atoms with Crippen LogP contribution in [-0.4, -0.2) is 56.4 Å². The summed E-state index contributed by atoms with van der Waals surface area (Å²) in [6.45, 7) is 4.27. The third-order valence-corrected chi connectivity index (χ3v) is 2.82. The van der Waals surface area contributed by atoms with Crippen LogP contribution in [0.4, 0.5) is 0 Å². The summed E-state index contributed by atoms with van der Waals surface area (Å²) in [6, 6.07) is 5.21. The fraction of sp³-hybridized carbons (Fsp3) is 0.533. The summed E-state index contributed by atoms with van der Waals surface area (Å²) < 4.78 is 10.2. The van der Waals surface area contributed by atoms with Crippen LogP contribution in [0.1, 0.15) is 12.5 Å². The Morgan fingerprint density at radius 2 is 2.19 bits per heavy atom.